The second-order valence-electron chi connectivity index (χ2n) is 14.9. The van der Waals surface area contributed by atoms with E-state index in [1.54, 1.807) is 0 Å². The van der Waals surface area contributed by atoms with Gasteiger partial charge < -0.3 is 9.32 Å². The molecule has 2 heterocycles. The normalized spacial score (nSPS) is 12.9. The second kappa shape index (κ2) is 13.6. The standard InChI is InChI=1S/C56H35NOS/c1-2-11-36(12-3-1)37-21-27-43(28-22-37)57(52-35-51-49-31-25-39-13-4-5-16-45(39)55(49)59-56(51)48-19-7-6-17-46(48)52)44-29-23-38(24-30-44)40-14-10-15-41(33-40)42-26-32-54-50(34-42)47-18-8-9-20-53(47)58-54/h1-35H/i1D,2D,3D,11D,12D. The molecule has 0 saturated carbocycles. The quantitative estimate of drug-likeness (QED) is 0.167. The van der Waals surface area contributed by atoms with Crippen LogP contribution in [0.15, 0.2) is 217 Å². The van der Waals surface area contributed by atoms with Gasteiger partial charge in [-0.05, 0) is 98.8 Å². The van der Waals surface area contributed by atoms with Crippen LogP contribution in [0.1, 0.15) is 6.85 Å². The summed E-state index contributed by atoms with van der Waals surface area (Å²) in [4.78, 5) is 2.27. The number of benzene rings is 10. The summed E-state index contributed by atoms with van der Waals surface area (Å²) in [6.07, 6.45) is 0. The van der Waals surface area contributed by atoms with E-state index < -0.39 is 6.04 Å². The Hall–Kier alpha value is -7.46. The number of thiophene rings is 1. The van der Waals surface area contributed by atoms with Crippen LogP contribution in [0.4, 0.5) is 17.1 Å². The third kappa shape index (κ3) is 5.62. The molecule has 12 aromatic rings. The highest BCUT2D eigenvalue weighted by atomic mass is 32.1. The number of hydrogen-bond donors (Lipinski definition) is 0. The molecule has 2 aromatic heterocycles. The first kappa shape index (κ1) is 28.9. The Balaban J connectivity index is 1.01. The zero-order valence-corrected chi connectivity index (χ0v) is 32.4. The molecule has 0 radical (unpaired) electrons. The van der Waals surface area contributed by atoms with Gasteiger partial charge in [-0.25, -0.2) is 0 Å². The van der Waals surface area contributed by atoms with Crippen LogP contribution in [0, 0.1) is 0 Å². The summed E-state index contributed by atoms with van der Waals surface area (Å²) in [5, 5.41) is 9.29. The van der Waals surface area contributed by atoms with E-state index in [9.17, 15) is 0 Å². The van der Waals surface area contributed by atoms with Gasteiger partial charge in [0.2, 0.25) is 0 Å². The largest absolute Gasteiger partial charge is 0.456 e. The molecule has 0 bridgehead atoms. The number of furan rings is 1. The zero-order chi connectivity index (χ0) is 43.2. The van der Waals surface area contributed by atoms with Gasteiger partial charge in [-0.2, -0.15) is 0 Å². The van der Waals surface area contributed by atoms with Crippen molar-refractivity contribution in [1.29, 1.82) is 0 Å². The van der Waals surface area contributed by atoms with Gasteiger partial charge in [0.05, 0.1) is 12.5 Å². The van der Waals surface area contributed by atoms with Crippen molar-refractivity contribution in [2.24, 2.45) is 0 Å². The van der Waals surface area contributed by atoms with Crippen molar-refractivity contribution in [2.45, 2.75) is 0 Å². The minimum Gasteiger partial charge on any atom is -0.456 e. The summed E-state index contributed by atoms with van der Waals surface area (Å²) >= 11 is 1.84. The van der Waals surface area contributed by atoms with Crippen LogP contribution in [0.25, 0.3) is 97.0 Å². The molecule has 0 atom stereocenters. The molecular weight excluding hydrogens is 735 g/mol. The van der Waals surface area contributed by atoms with E-state index in [-0.39, 0.29) is 29.7 Å². The van der Waals surface area contributed by atoms with E-state index in [0.717, 1.165) is 72.0 Å². The average Bonchev–Trinajstić information content (AvgIpc) is 3.92. The number of hydrogen-bond acceptors (Lipinski definition) is 3. The molecule has 0 N–H and O–H groups in total. The fraction of sp³-hybridized carbons (Fsp3) is 0. The number of fused-ring (bicyclic) bond motifs is 10. The van der Waals surface area contributed by atoms with Crippen molar-refractivity contribution in [3.8, 4) is 33.4 Å². The van der Waals surface area contributed by atoms with Crippen LogP contribution in [-0.2, 0) is 0 Å². The second-order valence-corrected chi connectivity index (χ2v) is 15.9. The van der Waals surface area contributed by atoms with Crippen molar-refractivity contribution in [3.63, 3.8) is 0 Å². The molecule has 0 aliphatic heterocycles. The van der Waals surface area contributed by atoms with Crippen LogP contribution >= 0.6 is 11.3 Å². The summed E-state index contributed by atoms with van der Waals surface area (Å²) in [6, 6.07) is 61.8. The molecule has 0 spiro atoms. The van der Waals surface area contributed by atoms with Crippen LogP contribution < -0.4 is 4.90 Å². The molecule has 0 fully saturated rings. The van der Waals surface area contributed by atoms with Crippen molar-refractivity contribution >= 4 is 92.1 Å². The smallest absolute Gasteiger partial charge is 0.135 e. The summed E-state index contributed by atoms with van der Waals surface area (Å²) < 4.78 is 50.7. The van der Waals surface area contributed by atoms with Crippen LogP contribution in [0.2, 0.25) is 0 Å². The molecular formula is C56H35NOS. The molecule has 3 heteroatoms. The third-order valence-electron chi connectivity index (χ3n) is 11.5. The minimum absolute atomic E-state index is 0.178. The predicted octanol–water partition coefficient (Wildman–Crippen LogP) is 16.7. The van der Waals surface area contributed by atoms with Crippen LogP contribution in [0.3, 0.4) is 0 Å². The van der Waals surface area contributed by atoms with Gasteiger partial charge in [0.1, 0.15) is 11.2 Å². The van der Waals surface area contributed by atoms with Crippen molar-refractivity contribution < 1.29 is 11.3 Å². The molecule has 12 rings (SSSR count). The third-order valence-corrected chi connectivity index (χ3v) is 12.8. The van der Waals surface area contributed by atoms with Crippen molar-refractivity contribution in [1.82, 2.24) is 0 Å². The summed E-state index contributed by atoms with van der Waals surface area (Å²) in [6.45, 7) is 0. The van der Waals surface area contributed by atoms with Gasteiger partial charge in [-0.15, -0.1) is 11.3 Å². The Kier molecular flexibility index (Phi) is 6.65. The first-order valence-corrected chi connectivity index (χ1v) is 20.5. The molecule has 276 valence electrons. The Labute approximate surface area is 352 Å². The highest BCUT2D eigenvalue weighted by Crippen LogP contribution is 2.48. The van der Waals surface area contributed by atoms with Crippen molar-refractivity contribution in [2.75, 3.05) is 4.90 Å². The maximum absolute atomic E-state index is 8.67. The van der Waals surface area contributed by atoms with Gasteiger partial charge in [0, 0.05) is 53.1 Å². The maximum atomic E-state index is 8.67. The minimum atomic E-state index is -0.405. The molecule has 0 unspecified atom stereocenters. The van der Waals surface area contributed by atoms with Gasteiger partial charge in [0.25, 0.3) is 0 Å². The Morgan fingerprint density at radius 1 is 0.373 bits per heavy atom. The fourth-order valence-corrected chi connectivity index (χ4v) is 10.0. The summed E-state index contributed by atoms with van der Waals surface area (Å²) in [5.74, 6) is 0. The highest BCUT2D eigenvalue weighted by Gasteiger charge is 2.20. The molecule has 0 amide bonds. The monoisotopic (exact) mass is 774 g/mol. The average molecular weight is 775 g/mol. The van der Waals surface area contributed by atoms with Gasteiger partial charge >= 0.3 is 0 Å². The fourth-order valence-electron chi connectivity index (χ4n) is 8.68. The van der Waals surface area contributed by atoms with Gasteiger partial charge in [-0.3, -0.25) is 0 Å². The van der Waals surface area contributed by atoms with Gasteiger partial charge in [-0.1, -0.05) is 158 Å². The van der Waals surface area contributed by atoms with Crippen molar-refractivity contribution in [3.05, 3.63) is 212 Å². The molecule has 0 saturated heterocycles. The number of para-hydroxylation sites is 1. The molecule has 10 aromatic carbocycles. The Morgan fingerprint density at radius 3 is 1.73 bits per heavy atom. The number of rotatable bonds is 6. The highest BCUT2D eigenvalue weighted by molar-refractivity contribution is 7.27. The number of nitrogens with zero attached hydrogens (tertiary/aromatic N) is 1. The molecule has 59 heavy (non-hydrogen) atoms. The van der Waals surface area contributed by atoms with E-state index in [0.29, 0.717) is 5.56 Å². The van der Waals surface area contributed by atoms with Crippen LogP contribution in [0.5, 0.6) is 0 Å². The first-order chi connectivity index (χ1) is 31.3. The zero-order valence-electron chi connectivity index (χ0n) is 36.6. The Morgan fingerprint density at radius 2 is 0.949 bits per heavy atom. The van der Waals surface area contributed by atoms with Gasteiger partial charge in [0.15, 0.2) is 0 Å². The van der Waals surface area contributed by atoms with E-state index in [2.05, 4.69) is 144 Å². The lowest BCUT2D eigenvalue weighted by molar-refractivity contribution is 0.669. The lowest BCUT2D eigenvalue weighted by Gasteiger charge is -2.27. The first-order valence-electron chi connectivity index (χ1n) is 22.2. The van der Waals surface area contributed by atoms with E-state index in [1.165, 1.54) is 30.9 Å². The predicted molar refractivity (Wildman–Crippen MR) is 253 cm³/mol. The molecule has 0 aliphatic carbocycles. The van der Waals surface area contributed by atoms with E-state index >= 15 is 0 Å². The SMILES string of the molecule is [2H]c1c([2H])c([2H])c(-c2ccc(N(c3ccc(-c4cccc(-c5ccc6oc7ccccc7c6c5)c4)cc3)c3cc4c5ccc6ccccc6c5sc4c4ccccc34)cc2)c([2H])c1[2H]. The molecule has 0 aliphatic rings. The maximum Gasteiger partial charge on any atom is 0.135 e. The summed E-state index contributed by atoms with van der Waals surface area (Å²) in [7, 11) is 0. The lowest BCUT2D eigenvalue weighted by atomic mass is 9.97. The lowest BCUT2D eigenvalue weighted by Crippen LogP contribution is -2.10. The van der Waals surface area contributed by atoms with Crippen LogP contribution in [-0.4, -0.2) is 0 Å². The number of anilines is 3. The Bertz CT molecular complexity index is 3830. The topological polar surface area (TPSA) is 16.4 Å². The van der Waals surface area contributed by atoms with E-state index in [4.69, 9.17) is 11.3 Å². The van der Waals surface area contributed by atoms with E-state index in [1.807, 2.05) is 53.8 Å². The summed E-state index contributed by atoms with van der Waals surface area (Å²) in [5.41, 5.74) is 9.70. The molecule has 2 nitrogen and oxygen atoms in total.